The maximum Gasteiger partial charge on any atom is 0.308 e. The Morgan fingerprint density at radius 2 is 1.73 bits per heavy atom. The number of fused-ring (bicyclic) bond motifs is 1. The summed E-state index contributed by atoms with van der Waals surface area (Å²) in [6, 6.07) is 17.9. The number of carbonyl (C=O) groups excluding carboxylic acids is 1. The Kier molecular flexibility index (Phi) is 6.05. The molecule has 2 atom stereocenters. The molecule has 0 aromatic heterocycles. The summed E-state index contributed by atoms with van der Waals surface area (Å²) >= 11 is 0. The Hall–Kier alpha value is -2.62. The van der Waals surface area contributed by atoms with Crippen molar-refractivity contribution in [2.75, 3.05) is 6.54 Å². The highest BCUT2D eigenvalue weighted by molar-refractivity contribution is 5.77. The van der Waals surface area contributed by atoms with E-state index < -0.39 is 11.9 Å². The molecule has 4 nitrogen and oxygen atoms in total. The number of amides is 1. The van der Waals surface area contributed by atoms with E-state index in [1.165, 1.54) is 11.1 Å². The van der Waals surface area contributed by atoms with E-state index in [9.17, 15) is 14.7 Å². The third kappa shape index (κ3) is 4.94. The summed E-state index contributed by atoms with van der Waals surface area (Å²) in [4.78, 5) is 23.8. The van der Waals surface area contributed by atoms with Gasteiger partial charge in [0.1, 0.15) is 0 Å². The molecule has 4 heteroatoms. The molecular weight excluding hydrogens is 326 g/mol. The molecule has 2 N–H and O–H groups in total. The van der Waals surface area contributed by atoms with Gasteiger partial charge >= 0.3 is 5.97 Å². The number of aryl methyl sites for hydroxylation is 1. The van der Waals surface area contributed by atoms with Gasteiger partial charge in [0.15, 0.2) is 0 Å². The summed E-state index contributed by atoms with van der Waals surface area (Å²) in [5.41, 5.74) is 3.69. The van der Waals surface area contributed by atoms with E-state index in [2.05, 4.69) is 23.5 Å². The van der Waals surface area contributed by atoms with E-state index in [-0.39, 0.29) is 12.5 Å². The topological polar surface area (TPSA) is 66.4 Å². The number of rotatable bonds is 7. The van der Waals surface area contributed by atoms with Crippen molar-refractivity contribution in [1.82, 2.24) is 5.32 Å². The van der Waals surface area contributed by atoms with Crippen LogP contribution in [0.15, 0.2) is 54.6 Å². The zero-order valence-electron chi connectivity index (χ0n) is 14.9. The standard InChI is InChI=1S/C22H25NO3/c24-21(14-17-10-11-18-8-4-5-9-19(18)13-17)23-15-20(22(25)26)12-16-6-2-1-3-7-16/h1-9,17,20H,10-15H2,(H,23,24)(H,25,26). The Morgan fingerprint density at radius 3 is 2.46 bits per heavy atom. The van der Waals surface area contributed by atoms with Crippen LogP contribution in [0.25, 0.3) is 0 Å². The van der Waals surface area contributed by atoms with Gasteiger partial charge in [0.2, 0.25) is 5.91 Å². The monoisotopic (exact) mass is 351 g/mol. The van der Waals surface area contributed by atoms with Gasteiger partial charge in [-0.25, -0.2) is 0 Å². The Morgan fingerprint density at radius 1 is 1.04 bits per heavy atom. The lowest BCUT2D eigenvalue weighted by Crippen LogP contribution is -2.35. The van der Waals surface area contributed by atoms with Crippen LogP contribution < -0.4 is 5.32 Å². The minimum atomic E-state index is -0.874. The molecule has 0 bridgehead atoms. The Labute approximate surface area is 154 Å². The molecule has 1 aliphatic rings. The van der Waals surface area contributed by atoms with Crippen molar-refractivity contribution < 1.29 is 14.7 Å². The fourth-order valence-corrected chi connectivity index (χ4v) is 3.66. The van der Waals surface area contributed by atoms with Gasteiger partial charge in [0.25, 0.3) is 0 Å². The number of aliphatic carboxylic acids is 1. The number of hydrogen-bond acceptors (Lipinski definition) is 2. The SMILES string of the molecule is O=C(CC1CCc2ccccc2C1)NCC(Cc1ccccc1)C(=O)O. The van der Waals surface area contributed by atoms with E-state index in [0.29, 0.717) is 18.8 Å². The molecule has 26 heavy (non-hydrogen) atoms. The van der Waals surface area contributed by atoms with E-state index in [4.69, 9.17) is 0 Å². The van der Waals surface area contributed by atoms with E-state index in [0.717, 1.165) is 24.8 Å². The maximum absolute atomic E-state index is 12.3. The first-order valence-electron chi connectivity index (χ1n) is 9.22. The highest BCUT2D eigenvalue weighted by Gasteiger charge is 2.23. The van der Waals surface area contributed by atoms with Gasteiger partial charge in [-0.2, -0.15) is 0 Å². The molecule has 1 amide bonds. The normalized spacial score (nSPS) is 17.2. The summed E-state index contributed by atoms with van der Waals surface area (Å²) in [7, 11) is 0. The number of nitrogens with one attached hydrogen (secondary N) is 1. The van der Waals surface area contributed by atoms with Gasteiger partial charge in [-0.3, -0.25) is 9.59 Å². The fraction of sp³-hybridized carbons (Fsp3) is 0.364. The molecule has 136 valence electrons. The van der Waals surface area contributed by atoms with Gasteiger partial charge in [-0.1, -0.05) is 54.6 Å². The second-order valence-corrected chi connectivity index (χ2v) is 7.11. The summed E-state index contributed by atoms with van der Waals surface area (Å²) < 4.78 is 0. The van der Waals surface area contributed by atoms with Crippen LogP contribution in [0.1, 0.15) is 29.5 Å². The van der Waals surface area contributed by atoms with Gasteiger partial charge in [0.05, 0.1) is 5.92 Å². The van der Waals surface area contributed by atoms with E-state index in [1.807, 2.05) is 36.4 Å². The molecular formula is C22H25NO3. The van der Waals surface area contributed by atoms with Crippen molar-refractivity contribution in [3.05, 3.63) is 71.3 Å². The molecule has 2 aromatic carbocycles. The number of benzene rings is 2. The molecule has 2 unspecified atom stereocenters. The van der Waals surface area contributed by atoms with Crippen molar-refractivity contribution >= 4 is 11.9 Å². The minimum absolute atomic E-state index is 0.0475. The van der Waals surface area contributed by atoms with Gasteiger partial charge in [-0.05, 0) is 48.3 Å². The van der Waals surface area contributed by atoms with Crippen LogP contribution in [0.3, 0.4) is 0 Å². The van der Waals surface area contributed by atoms with Crippen LogP contribution in [-0.4, -0.2) is 23.5 Å². The first kappa shape index (κ1) is 18.2. The highest BCUT2D eigenvalue weighted by atomic mass is 16.4. The quantitative estimate of drug-likeness (QED) is 0.805. The van der Waals surface area contributed by atoms with E-state index in [1.54, 1.807) is 0 Å². The minimum Gasteiger partial charge on any atom is -0.481 e. The van der Waals surface area contributed by atoms with Crippen LogP contribution in [0.4, 0.5) is 0 Å². The lowest BCUT2D eigenvalue weighted by Gasteiger charge is -2.24. The highest BCUT2D eigenvalue weighted by Crippen LogP contribution is 2.27. The first-order valence-corrected chi connectivity index (χ1v) is 9.22. The predicted octanol–water partition coefficient (Wildman–Crippen LogP) is 3.24. The number of carboxylic acid groups (broad SMARTS) is 1. The average molecular weight is 351 g/mol. The number of carbonyl (C=O) groups is 2. The van der Waals surface area contributed by atoms with Crippen molar-refractivity contribution in [3.8, 4) is 0 Å². The Bertz CT molecular complexity index is 757. The zero-order chi connectivity index (χ0) is 18.4. The molecule has 0 aliphatic heterocycles. The molecule has 0 spiro atoms. The summed E-state index contributed by atoms with van der Waals surface area (Å²) in [6.07, 6.45) is 3.84. The lowest BCUT2D eigenvalue weighted by molar-refractivity contribution is -0.141. The van der Waals surface area contributed by atoms with Crippen molar-refractivity contribution in [1.29, 1.82) is 0 Å². The first-order chi connectivity index (χ1) is 12.6. The molecule has 2 aromatic rings. The largest absolute Gasteiger partial charge is 0.481 e. The van der Waals surface area contributed by atoms with Crippen LogP contribution in [0.5, 0.6) is 0 Å². The number of carboxylic acids is 1. The molecule has 0 heterocycles. The van der Waals surface area contributed by atoms with Gasteiger partial charge < -0.3 is 10.4 Å². The average Bonchev–Trinajstić information content (AvgIpc) is 2.65. The second-order valence-electron chi connectivity index (χ2n) is 7.11. The molecule has 3 rings (SSSR count). The van der Waals surface area contributed by atoms with Crippen molar-refractivity contribution in [3.63, 3.8) is 0 Å². The van der Waals surface area contributed by atoms with E-state index >= 15 is 0 Å². The lowest BCUT2D eigenvalue weighted by atomic mass is 9.82. The number of hydrogen-bond donors (Lipinski definition) is 2. The predicted molar refractivity (Wildman–Crippen MR) is 101 cm³/mol. The third-order valence-corrected chi connectivity index (χ3v) is 5.14. The van der Waals surface area contributed by atoms with Crippen molar-refractivity contribution in [2.45, 2.75) is 32.1 Å². The van der Waals surface area contributed by atoms with Crippen molar-refractivity contribution in [2.24, 2.45) is 11.8 Å². The zero-order valence-corrected chi connectivity index (χ0v) is 14.9. The van der Waals surface area contributed by atoms with Gasteiger partial charge in [0, 0.05) is 13.0 Å². The maximum atomic E-state index is 12.3. The van der Waals surface area contributed by atoms with Crippen LogP contribution in [-0.2, 0) is 28.9 Å². The van der Waals surface area contributed by atoms with Crippen LogP contribution in [0, 0.1) is 11.8 Å². The molecule has 0 radical (unpaired) electrons. The van der Waals surface area contributed by atoms with Crippen LogP contribution >= 0.6 is 0 Å². The fourth-order valence-electron chi connectivity index (χ4n) is 3.66. The smallest absolute Gasteiger partial charge is 0.308 e. The summed E-state index contributed by atoms with van der Waals surface area (Å²) in [6.45, 7) is 0.173. The summed E-state index contributed by atoms with van der Waals surface area (Å²) in [5.74, 6) is -1.19. The second kappa shape index (κ2) is 8.65. The Balaban J connectivity index is 1.49. The molecule has 0 fully saturated rings. The third-order valence-electron chi connectivity index (χ3n) is 5.14. The molecule has 0 saturated heterocycles. The molecule has 1 aliphatic carbocycles. The summed E-state index contributed by atoms with van der Waals surface area (Å²) in [5, 5.41) is 12.3. The van der Waals surface area contributed by atoms with Crippen LogP contribution in [0.2, 0.25) is 0 Å². The molecule has 0 saturated carbocycles. The van der Waals surface area contributed by atoms with Gasteiger partial charge in [-0.15, -0.1) is 0 Å².